The van der Waals surface area contributed by atoms with E-state index >= 15 is 0 Å². The van der Waals surface area contributed by atoms with Crippen LogP contribution in [0.25, 0.3) is 0 Å². The molecule has 1 fully saturated rings. The Labute approximate surface area is 163 Å². The Kier molecular flexibility index (Phi) is 5.96. The highest BCUT2D eigenvalue weighted by atomic mass is 35.5. The molecule has 2 aromatic carbocycles. The maximum Gasteiger partial charge on any atom is 0.293 e. The molecule has 0 spiro atoms. The van der Waals surface area contributed by atoms with Crippen LogP contribution in [-0.4, -0.2) is 23.9 Å². The summed E-state index contributed by atoms with van der Waals surface area (Å²) in [6, 6.07) is 11.9. The van der Waals surface area contributed by atoms with Gasteiger partial charge in [0.1, 0.15) is 5.69 Å². The van der Waals surface area contributed by atoms with Crippen LogP contribution in [0.3, 0.4) is 0 Å². The van der Waals surface area contributed by atoms with Gasteiger partial charge in [-0.05, 0) is 42.5 Å². The SMILES string of the molecule is CC1CCN(c2ccc(C(=O)NCc3ccccc3Cl)cc2[N+](=O)[O-])CC1. The van der Waals surface area contributed by atoms with Crippen molar-refractivity contribution >= 4 is 28.9 Å². The van der Waals surface area contributed by atoms with Gasteiger partial charge in [0.25, 0.3) is 11.6 Å². The van der Waals surface area contributed by atoms with E-state index in [2.05, 4.69) is 12.2 Å². The Morgan fingerprint density at radius 1 is 1.26 bits per heavy atom. The van der Waals surface area contributed by atoms with E-state index in [4.69, 9.17) is 11.6 Å². The number of piperidine rings is 1. The smallest absolute Gasteiger partial charge is 0.293 e. The average Bonchev–Trinajstić information content (AvgIpc) is 2.67. The first kappa shape index (κ1) is 19.2. The summed E-state index contributed by atoms with van der Waals surface area (Å²) in [6.07, 6.45) is 2.02. The molecule has 1 amide bonds. The summed E-state index contributed by atoms with van der Waals surface area (Å²) in [7, 11) is 0. The van der Waals surface area contributed by atoms with E-state index < -0.39 is 4.92 Å². The van der Waals surface area contributed by atoms with Crippen molar-refractivity contribution in [3.63, 3.8) is 0 Å². The Balaban J connectivity index is 1.76. The third-order valence-corrected chi connectivity index (χ3v) is 5.32. The first-order chi connectivity index (χ1) is 13.0. The van der Waals surface area contributed by atoms with Gasteiger partial charge in [0.05, 0.1) is 4.92 Å². The first-order valence-electron chi connectivity index (χ1n) is 9.00. The predicted molar refractivity (Wildman–Crippen MR) is 106 cm³/mol. The van der Waals surface area contributed by atoms with E-state index in [-0.39, 0.29) is 23.7 Å². The first-order valence-corrected chi connectivity index (χ1v) is 9.38. The van der Waals surface area contributed by atoms with Crippen molar-refractivity contribution < 1.29 is 9.72 Å². The lowest BCUT2D eigenvalue weighted by Gasteiger charge is -2.31. The molecule has 1 aliphatic heterocycles. The van der Waals surface area contributed by atoms with E-state index in [1.807, 2.05) is 23.1 Å². The molecule has 1 saturated heterocycles. The molecule has 1 heterocycles. The molecule has 0 aromatic heterocycles. The monoisotopic (exact) mass is 387 g/mol. The van der Waals surface area contributed by atoms with Gasteiger partial charge < -0.3 is 10.2 Å². The van der Waals surface area contributed by atoms with Gasteiger partial charge in [-0.15, -0.1) is 0 Å². The van der Waals surface area contributed by atoms with Crippen LogP contribution >= 0.6 is 11.6 Å². The number of benzene rings is 2. The third-order valence-electron chi connectivity index (χ3n) is 4.96. The van der Waals surface area contributed by atoms with Crippen LogP contribution in [0.4, 0.5) is 11.4 Å². The summed E-state index contributed by atoms with van der Waals surface area (Å²) in [5, 5.41) is 14.9. The van der Waals surface area contributed by atoms with Crippen LogP contribution in [0.2, 0.25) is 5.02 Å². The molecular weight excluding hydrogens is 366 g/mol. The third kappa shape index (κ3) is 4.57. The van der Waals surface area contributed by atoms with Gasteiger partial charge in [0.2, 0.25) is 0 Å². The van der Waals surface area contributed by atoms with Gasteiger partial charge in [0, 0.05) is 36.3 Å². The number of nitrogens with one attached hydrogen (secondary N) is 1. The fraction of sp³-hybridized carbons (Fsp3) is 0.350. The molecule has 0 aliphatic carbocycles. The Bertz CT molecular complexity index is 848. The minimum Gasteiger partial charge on any atom is -0.366 e. The van der Waals surface area contributed by atoms with Crippen molar-refractivity contribution in [2.24, 2.45) is 5.92 Å². The fourth-order valence-electron chi connectivity index (χ4n) is 3.25. The summed E-state index contributed by atoms with van der Waals surface area (Å²) in [6.45, 7) is 4.04. The van der Waals surface area contributed by atoms with Gasteiger partial charge in [-0.2, -0.15) is 0 Å². The normalized spacial score (nSPS) is 14.8. The molecule has 27 heavy (non-hydrogen) atoms. The number of anilines is 1. The molecule has 0 bridgehead atoms. The molecule has 0 saturated carbocycles. The van der Waals surface area contributed by atoms with Gasteiger partial charge in [0.15, 0.2) is 0 Å². The van der Waals surface area contributed by atoms with E-state index in [1.54, 1.807) is 18.2 Å². The summed E-state index contributed by atoms with van der Waals surface area (Å²) < 4.78 is 0. The minimum absolute atomic E-state index is 0.0325. The number of carbonyl (C=O) groups is 1. The number of halogens is 1. The largest absolute Gasteiger partial charge is 0.366 e. The maximum atomic E-state index is 12.4. The van der Waals surface area contributed by atoms with E-state index in [9.17, 15) is 14.9 Å². The van der Waals surface area contributed by atoms with Crippen LogP contribution < -0.4 is 10.2 Å². The van der Waals surface area contributed by atoms with E-state index in [0.29, 0.717) is 16.6 Å². The highest BCUT2D eigenvalue weighted by Gasteiger charge is 2.24. The van der Waals surface area contributed by atoms with Crippen LogP contribution in [0.15, 0.2) is 42.5 Å². The van der Waals surface area contributed by atoms with E-state index in [0.717, 1.165) is 31.5 Å². The lowest BCUT2D eigenvalue weighted by atomic mass is 9.98. The van der Waals surface area contributed by atoms with Crippen LogP contribution in [0.1, 0.15) is 35.7 Å². The second kappa shape index (κ2) is 8.39. The van der Waals surface area contributed by atoms with Gasteiger partial charge in [-0.3, -0.25) is 14.9 Å². The molecule has 0 radical (unpaired) electrons. The molecule has 142 valence electrons. The standard InChI is InChI=1S/C20H22ClN3O3/c1-14-8-10-23(11-9-14)18-7-6-15(12-19(18)24(26)27)20(25)22-13-16-4-2-3-5-17(16)21/h2-7,12,14H,8-11,13H2,1H3,(H,22,25). The summed E-state index contributed by atoms with van der Waals surface area (Å²) in [5.41, 5.74) is 1.61. The zero-order valence-electron chi connectivity index (χ0n) is 15.2. The molecule has 3 rings (SSSR count). The molecule has 6 nitrogen and oxygen atoms in total. The molecule has 1 aliphatic rings. The highest BCUT2D eigenvalue weighted by Crippen LogP contribution is 2.32. The van der Waals surface area contributed by atoms with Crippen LogP contribution in [-0.2, 0) is 6.54 Å². The quantitative estimate of drug-likeness (QED) is 0.608. The van der Waals surface area contributed by atoms with Gasteiger partial charge in [-0.1, -0.05) is 36.7 Å². The number of nitro benzene ring substituents is 1. The molecule has 1 N–H and O–H groups in total. The Morgan fingerprint density at radius 3 is 2.63 bits per heavy atom. The minimum atomic E-state index is -0.418. The number of rotatable bonds is 5. The Morgan fingerprint density at radius 2 is 1.96 bits per heavy atom. The van der Waals surface area contributed by atoms with Crippen molar-refractivity contribution in [3.05, 3.63) is 68.7 Å². The number of nitro groups is 1. The lowest BCUT2D eigenvalue weighted by Crippen LogP contribution is -2.33. The topological polar surface area (TPSA) is 75.5 Å². The van der Waals surface area contributed by atoms with Gasteiger partial charge in [-0.25, -0.2) is 0 Å². The van der Waals surface area contributed by atoms with Crippen molar-refractivity contribution in [1.82, 2.24) is 5.32 Å². The number of amides is 1. The number of nitrogens with zero attached hydrogens (tertiary/aromatic N) is 2. The average molecular weight is 388 g/mol. The van der Waals surface area contributed by atoms with Crippen LogP contribution in [0.5, 0.6) is 0 Å². The van der Waals surface area contributed by atoms with E-state index in [1.165, 1.54) is 6.07 Å². The maximum absolute atomic E-state index is 12.4. The molecule has 0 atom stereocenters. The second-order valence-electron chi connectivity index (χ2n) is 6.90. The summed E-state index contributed by atoms with van der Waals surface area (Å²) in [5.74, 6) is 0.270. The van der Waals surface area contributed by atoms with Crippen molar-refractivity contribution in [2.75, 3.05) is 18.0 Å². The molecule has 2 aromatic rings. The van der Waals surface area contributed by atoms with Crippen molar-refractivity contribution in [2.45, 2.75) is 26.3 Å². The zero-order valence-corrected chi connectivity index (χ0v) is 15.9. The van der Waals surface area contributed by atoms with Gasteiger partial charge >= 0.3 is 0 Å². The van der Waals surface area contributed by atoms with Crippen molar-refractivity contribution in [3.8, 4) is 0 Å². The summed E-state index contributed by atoms with van der Waals surface area (Å²) in [4.78, 5) is 25.6. The number of hydrogen-bond acceptors (Lipinski definition) is 4. The predicted octanol–water partition coefficient (Wildman–Crippen LogP) is 4.41. The number of carbonyl (C=O) groups excluding carboxylic acids is 1. The second-order valence-corrected chi connectivity index (χ2v) is 7.31. The zero-order chi connectivity index (χ0) is 19.4. The lowest BCUT2D eigenvalue weighted by molar-refractivity contribution is -0.384. The highest BCUT2D eigenvalue weighted by molar-refractivity contribution is 6.31. The Hall–Kier alpha value is -2.60. The summed E-state index contributed by atoms with van der Waals surface area (Å²) >= 11 is 6.09. The molecular formula is C20H22ClN3O3. The van der Waals surface area contributed by atoms with Crippen LogP contribution in [0, 0.1) is 16.0 Å². The number of hydrogen-bond donors (Lipinski definition) is 1. The molecule has 0 unspecified atom stereocenters. The fourth-order valence-corrected chi connectivity index (χ4v) is 3.45. The van der Waals surface area contributed by atoms with Crippen molar-refractivity contribution in [1.29, 1.82) is 0 Å². The molecule has 7 heteroatoms.